The molecule has 0 saturated heterocycles. The Balaban J connectivity index is 2.17. The highest BCUT2D eigenvalue weighted by Crippen LogP contribution is 2.28. The lowest BCUT2D eigenvalue weighted by molar-refractivity contribution is 0.542. The van der Waals surface area contributed by atoms with Gasteiger partial charge in [0, 0.05) is 9.75 Å². The van der Waals surface area contributed by atoms with Gasteiger partial charge in [0.25, 0.3) is 10.0 Å². The number of hydrogen-bond acceptors (Lipinski definition) is 5. The van der Waals surface area contributed by atoms with E-state index in [0.29, 0.717) is 17.2 Å². The van der Waals surface area contributed by atoms with Gasteiger partial charge in [-0.2, -0.15) is 0 Å². The van der Waals surface area contributed by atoms with Gasteiger partial charge in [0.15, 0.2) is 0 Å². The molecule has 116 valence electrons. The average Bonchev–Trinajstić information content (AvgIpc) is 3.10. The Kier molecular flexibility index (Phi) is 5.95. The number of thiophene rings is 2. The van der Waals surface area contributed by atoms with Crippen LogP contribution in [-0.4, -0.2) is 15.0 Å². The van der Waals surface area contributed by atoms with Crippen molar-refractivity contribution in [3.05, 3.63) is 39.4 Å². The number of nitrogens with two attached hydrogens (primary N) is 1. The quantitative estimate of drug-likeness (QED) is 0.773. The Morgan fingerprint density at radius 1 is 1.33 bits per heavy atom. The first-order valence-electron chi connectivity index (χ1n) is 6.91. The molecule has 0 aliphatic carbocycles. The number of hydrogen-bond donors (Lipinski definition) is 2. The largest absolute Gasteiger partial charge is 0.330 e. The van der Waals surface area contributed by atoms with Crippen LogP contribution in [0.1, 0.15) is 35.6 Å². The van der Waals surface area contributed by atoms with Gasteiger partial charge in [0.05, 0.1) is 6.04 Å². The lowest BCUT2D eigenvalue weighted by atomic mass is 10.1. The van der Waals surface area contributed by atoms with Crippen molar-refractivity contribution in [3.8, 4) is 0 Å². The topological polar surface area (TPSA) is 72.2 Å². The van der Waals surface area contributed by atoms with Gasteiger partial charge < -0.3 is 5.73 Å². The zero-order valence-electron chi connectivity index (χ0n) is 11.9. The van der Waals surface area contributed by atoms with Crippen molar-refractivity contribution in [2.45, 2.75) is 36.4 Å². The van der Waals surface area contributed by atoms with Crippen LogP contribution >= 0.6 is 22.7 Å². The summed E-state index contributed by atoms with van der Waals surface area (Å²) < 4.78 is 28.2. The summed E-state index contributed by atoms with van der Waals surface area (Å²) >= 11 is 2.87. The second kappa shape index (κ2) is 7.51. The fourth-order valence-electron chi connectivity index (χ4n) is 2.06. The summed E-state index contributed by atoms with van der Waals surface area (Å²) in [4.78, 5) is 2.06. The third kappa shape index (κ3) is 4.37. The van der Waals surface area contributed by atoms with E-state index in [1.807, 2.05) is 23.6 Å². The molecule has 0 bridgehead atoms. The first kappa shape index (κ1) is 16.6. The fourth-order valence-corrected chi connectivity index (χ4v) is 5.59. The molecule has 2 rings (SSSR count). The van der Waals surface area contributed by atoms with Crippen molar-refractivity contribution in [2.24, 2.45) is 5.73 Å². The molecule has 1 atom stereocenters. The van der Waals surface area contributed by atoms with E-state index in [1.165, 1.54) is 11.3 Å². The first-order chi connectivity index (χ1) is 10.1. The van der Waals surface area contributed by atoms with Gasteiger partial charge in [0.2, 0.25) is 0 Å². The van der Waals surface area contributed by atoms with Crippen LogP contribution in [0.3, 0.4) is 0 Å². The summed E-state index contributed by atoms with van der Waals surface area (Å²) in [6, 6.07) is 7.27. The number of rotatable bonds is 8. The van der Waals surface area contributed by atoms with E-state index in [4.69, 9.17) is 5.73 Å². The molecule has 0 saturated carbocycles. The average molecular weight is 345 g/mol. The summed E-state index contributed by atoms with van der Waals surface area (Å²) in [5.74, 6) is 0. The second-order valence-corrected chi connectivity index (χ2v) is 8.83. The minimum absolute atomic E-state index is 0.153. The zero-order chi connectivity index (χ0) is 15.3. The molecule has 4 nitrogen and oxygen atoms in total. The van der Waals surface area contributed by atoms with Gasteiger partial charge >= 0.3 is 0 Å². The van der Waals surface area contributed by atoms with Crippen LogP contribution in [-0.2, 0) is 16.4 Å². The van der Waals surface area contributed by atoms with Gasteiger partial charge in [-0.3, -0.25) is 0 Å². The van der Waals surface area contributed by atoms with Crippen LogP contribution in [0.5, 0.6) is 0 Å². The van der Waals surface area contributed by atoms with E-state index in [9.17, 15) is 8.42 Å². The van der Waals surface area contributed by atoms with E-state index in [-0.39, 0.29) is 6.04 Å². The molecular weight excluding hydrogens is 324 g/mol. The molecule has 2 aromatic heterocycles. The molecule has 0 amide bonds. The summed E-state index contributed by atoms with van der Waals surface area (Å²) in [6.07, 6.45) is 2.43. The summed E-state index contributed by atoms with van der Waals surface area (Å²) in [6.45, 7) is 2.58. The van der Waals surface area contributed by atoms with Crippen LogP contribution in [0.4, 0.5) is 0 Å². The maximum absolute atomic E-state index is 12.5. The maximum Gasteiger partial charge on any atom is 0.250 e. The Morgan fingerprint density at radius 3 is 2.76 bits per heavy atom. The van der Waals surface area contributed by atoms with Crippen molar-refractivity contribution in [1.82, 2.24) is 4.72 Å². The van der Waals surface area contributed by atoms with Crippen LogP contribution in [0, 0.1) is 0 Å². The van der Waals surface area contributed by atoms with Crippen molar-refractivity contribution in [1.29, 1.82) is 0 Å². The highest BCUT2D eigenvalue weighted by Gasteiger charge is 2.23. The molecule has 3 N–H and O–H groups in total. The van der Waals surface area contributed by atoms with Crippen LogP contribution < -0.4 is 10.5 Å². The molecule has 21 heavy (non-hydrogen) atoms. The van der Waals surface area contributed by atoms with Crippen molar-refractivity contribution < 1.29 is 8.42 Å². The normalized spacial score (nSPS) is 13.4. The van der Waals surface area contributed by atoms with E-state index >= 15 is 0 Å². The molecule has 0 fully saturated rings. The third-order valence-corrected chi connectivity index (χ3v) is 7.15. The van der Waals surface area contributed by atoms with Gasteiger partial charge in [-0.05, 0) is 43.0 Å². The molecule has 0 radical (unpaired) electrons. The Hall–Kier alpha value is -0.730. The number of sulfonamides is 1. The molecule has 2 aromatic rings. The lowest BCUT2D eigenvalue weighted by Crippen LogP contribution is -2.27. The molecule has 7 heteroatoms. The smallest absolute Gasteiger partial charge is 0.250 e. The monoisotopic (exact) mass is 344 g/mol. The molecule has 1 unspecified atom stereocenters. The van der Waals surface area contributed by atoms with Crippen LogP contribution in [0.25, 0.3) is 0 Å². The molecule has 2 heterocycles. The van der Waals surface area contributed by atoms with E-state index < -0.39 is 10.0 Å². The van der Waals surface area contributed by atoms with E-state index in [1.54, 1.807) is 17.4 Å². The van der Waals surface area contributed by atoms with Crippen molar-refractivity contribution in [3.63, 3.8) is 0 Å². The first-order valence-corrected chi connectivity index (χ1v) is 10.1. The molecule has 0 spiro atoms. The second-order valence-electron chi connectivity index (χ2n) is 4.74. The predicted octanol–water partition coefficient (Wildman–Crippen LogP) is 3.13. The van der Waals surface area contributed by atoms with Crippen LogP contribution in [0.15, 0.2) is 33.9 Å². The molecule has 0 aliphatic rings. The molecular formula is C14H20N2O2S3. The Labute approximate surface area is 134 Å². The summed E-state index contributed by atoms with van der Waals surface area (Å²) in [5, 5.41) is 1.97. The van der Waals surface area contributed by atoms with Crippen LogP contribution in [0.2, 0.25) is 0 Å². The van der Waals surface area contributed by atoms with Gasteiger partial charge in [-0.15, -0.1) is 22.7 Å². The van der Waals surface area contributed by atoms with Crippen molar-refractivity contribution >= 4 is 32.7 Å². The summed E-state index contributed by atoms with van der Waals surface area (Å²) in [5.41, 5.74) is 5.51. The fraction of sp³-hybridized carbons (Fsp3) is 0.429. The number of nitrogens with one attached hydrogen (secondary N) is 1. The highest BCUT2D eigenvalue weighted by atomic mass is 32.2. The SMILES string of the molecule is CCCC(NS(=O)(=O)c1ccc(CCN)s1)c1cccs1. The van der Waals surface area contributed by atoms with E-state index in [2.05, 4.69) is 11.6 Å². The predicted molar refractivity (Wildman–Crippen MR) is 89.4 cm³/mol. The van der Waals surface area contributed by atoms with Gasteiger partial charge in [-0.1, -0.05) is 19.4 Å². The minimum atomic E-state index is -3.47. The third-order valence-electron chi connectivity index (χ3n) is 3.05. The van der Waals surface area contributed by atoms with Gasteiger partial charge in [-0.25, -0.2) is 13.1 Å². The highest BCUT2D eigenvalue weighted by molar-refractivity contribution is 7.91. The molecule has 0 aliphatic heterocycles. The summed E-state index contributed by atoms with van der Waals surface area (Å²) in [7, 11) is -3.47. The van der Waals surface area contributed by atoms with Gasteiger partial charge in [0.1, 0.15) is 4.21 Å². The maximum atomic E-state index is 12.5. The molecule has 0 aromatic carbocycles. The van der Waals surface area contributed by atoms with Crippen molar-refractivity contribution in [2.75, 3.05) is 6.54 Å². The Bertz CT molecular complexity index is 648. The standard InChI is InChI=1S/C14H20N2O2S3/c1-2-4-12(13-5-3-10-19-13)16-21(17,18)14-7-6-11(20-14)8-9-15/h3,5-7,10,12,16H,2,4,8-9,15H2,1H3. The lowest BCUT2D eigenvalue weighted by Gasteiger charge is -2.16. The Morgan fingerprint density at radius 2 is 2.14 bits per heavy atom. The zero-order valence-corrected chi connectivity index (χ0v) is 14.4. The van der Waals surface area contributed by atoms with E-state index in [0.717, 1.165) is 22.6 Å². The minimum Gasteiger partial charge on any atom is -0.330 e.